The van der Waals surface area contributed by atoms with E-state index < -0.39 is 5.54 Å². The summed E-state index contributed by atoms with van der Waals surface area (Å²) >= 11 is 6.24. The first-order valence-electron chi connectivity index (χ1n) is 6.11. The van der Waals surface area contributed by atoms with E-state index in [1.807, 2.05) is 25.8 Å². The number of halogens is 1. The minimum absolute atomic E-state index is 0.0687. The van der Waals surface area contributed by atoms with Crippen LogP contribution in [0.25, 0.3) is 0 Å². The van der Waals surface area contributed by atoms with Crippen LogP contribution < -0.4 is 4.90 Å². The van der Waals surface area contributed by atoms with Gasteiger partial charge in [0.05, 0.1) is 22.3 Å². The molecule has 0 saturated carbocycles. The zero-order chi connectivity index (χ0) is 14.2. The van der Waals surface area contributed by atoms with Crippen molar-refractivity contribution in [2.75, 3.05) is 25.0 Å². The molecule has 1 aromatic rings. The highest BCUT2D eigenvalue weighted by Crippen LogP contribution is 2.34. The summed E-state index contributed by atoms with van der Waals surface area (Å²) in [6.07, 6.45) is 0. The Morgan fingerprint density at radius 3 is 2.63 bits per heavy atom. The van der Waals surface area contributed by atoms with Crippen LogP contribution in [-0.2, 0) is 4.79 Å². The first-order valence-corrected chi connectivity index (χ1v) is 6.48. The van der Waals surface area contributed by atoms with E-state index in [0.29, 0.717) is 17.1 Å². The summed E-state index contributed by atoms with van der Waals surface area (Å²) in [5, 5.41) is 9.36. The third-order valence-corrected chi connectivity index (χ3v) is 3.87. The number of nitriles is 1. The second kappa shape index (κ2) is 4.75. The molecule has 0 aliphatic carbocycles. The Morgan fingerprint density at radius 2 is 2.05 bits per heavy atom. The van der Waals surface area contributed by atoms with Crippen molar-refractivity contribution in [2.24, 2.45) is 0 Å². The SMILES string of the molecule is CN1CCN(c2ccc(C#N)cc2Cl)C(C)(C)C1=O. The summed E-state index contributed by atoms with van der Waals surface area (Å²) in [5.74, 6) is 0.0687. The Hall–Kier alpha value is -1.73. The number of amides is 1. The van der Waals surface area contributed by atoms with E-state index in [1.165, 1.54) is 0 Å². The maximum atomic E-state index is 12.3. The van der Waals surface area contributed by atoms with Gasteiger partial charge in [0.25, 0.3) is 0 Å². The van der Waals surface area contributed by atoms with Crippen LogP contribution in [0.3, 0.4) is 0 Å². The van der Waals surface area contributed by atoms with E-state index in [0.717, 1.165) is 12.2 Å². The Bertz CT molecular complexity index is 562. The molecule has 0 spiro atoms. The first kappa shape index (κ1) is 13.7. The van der Waals surface area contributed by atoms with Gasteiger partial charge in [0, 0.05) is 20.1 Å². The predicted molar refractivity (Wildman–Crippen MR) is 75.2 cm³/mol. The van der Waals surface area contributed by atoms with E-state index >= 15 is 0 Å². The van der Waals surface area contributed by atoms with Crippen molar-refractivity contribution in [1.29, 1.82) is 5.26 Å². The molecule has 4 nitrogen and oxygen atoms in total. The summed E-state index contributed by atoms with van der Waals surface area (Å²) in [4.78, 5) is 16.0. The highest BCUT2D eigenvalue weighted by molar-refractivity contribution is 6.33. The zero-order valence-electron chi connectivity index (χ0n) is 11.3. The predicted octanol–water partition coefficient (Wildman–Crippen LogP) is 2.27. The molecule has 1 aromatic carbocycles. The van der Waals surface area contributed by atoms with E-state index in [9.17, 15) is 4.79 Å². The lowest BCUT2D eigenvalue weighted by Gasteiger charge is -2.46. The topological polar surface area (TPSA) is 47.3 Å². The van der Waals surface area contributed by atoms with Crippen molar-refractivity contribution < 1.29 is 4.79 Å². The second-order valence-corrected chi connectivity index (χ2v) is 5.62. The fraction of sp³-hybridized carbons (Fsp3) is 0.429. The number of anilines is 1. The number of piperazine rings is 1. The number of benzene rings is 1. The number of hydrogen-bond acceptors (Lipinski definition) is 3. The second-order valence-electron chi connectivity index (χ2n) is 5.22. The van der Waals surface area contributed by atoms with Gasteiger partial charge >= 0.3 is 0 Å². The van der Waals surface area contributed by atoms with E-state index in [-0.39, 0.29) is 5.91 Å². The standard InChI is InChI=1S/C14H16ClN3O/c1-14(2)13(19)17(3)6-7-18(14)12-5-4-10(9-16)8-11(12)15/h4-5,8H,6-7H2,1-3H3. The third-order valence-electron chi connectivity index (χ3n) is 3.57. The maximum absolute atomic E-state index is 12.3. The van der Waals surface area contributed by atoms with Crippen molar-refractivity contribution in [1.82, 2.24) is 4.90 Å². The zero-order valence-corrected chi connectivity index (χ0v) is 12.0. The van der Waals surface area contributed by atoms with E-state index in [2.05, 4.69) is 6.07 Å². The highest BCUT2D eigenvalue weighted by Gasteiger charge is 2.41. The number of rotatable bonds is 1. The Kier molecular flexibility index (Phi) is 3.42. The minimum atomic E-state index is -0.634. The van der Waals surface area contributed by atoms with Gasteiger partial charge in [0.15, 0.2) is 0 Å². The highest BCUT2D eigenvalue weighted by atomic mass is 35.5. The summed E-state index contributed by atoms with van der Waals surface area (Å²) in [6.45, 7) is 5.17. The summed E-state index contributed by atoms with van der Waals surface area (Å²) in [5.41, 5.74) is 0.685. The molecule has 2 rings (SSSR count). The van der Waals surface area contributed by atoms with Gasteiger partial charge in [-0.1, -0.05) is 11.6 Å². The number of likely N-dealkylation sites (N-methyl/N-ethyl adjacent to an activating group) is 1. The lowest BCUT2D eigenvalue weighted by Crippen LogP contribution is -2.62. The molecule has 1 aliphatic heterocycles. The van der Waals surface area contributed by atoms with Crippen molar-refractivity contribution in [3.05, 3.63) is 28.8 Å². The van der Waals surface area contributed by atoms with E-state index in [1.54, 1.807) is 23.1 Å². The molecular weight excluding hydrogens is 262 g/mol. The Morgan fingerprint density at radius 1 is 1.37 bits per heavy atom. The molecular formula is C14H16ClN3O. The number of nitrogens with zero attached hydrogens (tertiary/aromatic N) is 3. The van der Waals surface area contributed by atoms with Gasteiger partial charge in [-0.2, -0.15) is 5.26 Å². The molecule has 0 aromatic heterocycles. The average molecular weight is 278 g/mol. The van der Waals surface area contributed by atoms with Crippen molar-refractivity contribution >= 4 is 23.2 Å². The third kappa shape index (κ3) is 2.26. The molecule has 1 amide bonds. The maximum Gasteiger partial charge on any atom is 0.247 e. The Labute approximate surface area is 118 Å². The monoisotopic (exact) mass is 277 g/mol. The quantitative estimate of drug-likeness (QED) is 0.791. The molecule has 0 atom stereocenters. The molecule has 1 fully saturated rings. The summed E-state index contributed by atoms with van der Waals surface area (Å²) < 4.78 is 0. The van der Waals surface area contributed by atoms with Crippen molar-refractivity contribution in [3.63, 3.8) is 0 Å². The van der Waals surface area contributed by atoms with Gasteiger partial charge in [0.2, 0.25) is 5.91 Å². The molecule has 19 heavy (non-hydrogen) atoms. The first-order chi connectivity index (χ1) is 8.87. The lowest BCUT2D eigenvalue weighted by molar-refractivity contribution is -0.136. The van der Waals surface area contributed by atoms with Gasteiger partial charge < -0.3 is 9.80 Å². The summed E-state index contributed by atoms with van der Waals surface area (Å²) in [6, 6.07) is 7.22. The molecule has 1 heterocycles. The van der Waals surface area contributed by atoms with Crippen LogP contribution in [0.4, 0.5) is 5.69 Å². The number of hydrogen-bond donors (Lipinski definition) is 0. The summed E-state index contributed by atoms with van der Waals surface area (Å²) in [7, 11) is 1.81. The van der Waals surface area contributed by atoms with Gasteiger partial charge in [-0.25, -0.2) is 0 Å². The van der Waals surface area contributed by atoms with Crippen LogP contribution in [0.15, 0.2) is 18.2 Å². The molecule has 5 heteroatoms. The average Bonchev–Trinajstić information content (AvgIpc) is 2.37. The smallest absolute Gasteiger partial charge is 0.247 e. The van der Waals surface area contributed by atoms with Crippen LogP contribution in [0, 0.1) is 11.3 Å². The fourth-order valence-electron chi connectivity index (χ4n) is 2.43. The normalized spacial score (nSPS) is 18.4. The van der Waals surface area contributed by atoms with Crippen LogP contribution >= 0.6 is 11.6 Å². The van der Waals surface area contributed by atoms with Crippen LogP contribution in [0.5, 0.6) is 0 Å². The minimum Gasteiger partial charge on any atom is -0.355 e. The van der Waals surface area contributed by atoms with Crippen LogP contribution in [-0.4, -0.2) is 36.5 Å². The van der Waals surface area contributed by atoms with Crippen LogP contribution in [0.2, 0.25) is 5.02 Å². The number of carbonyl (C=O) groups excluding carboxylic acids is 1. The molecule has 1 saturated heterocycles. The molecule has 0 bridgehead atoms. The van der Waals surface area contributed by atoms with E-state index in [4.69, 9.17) is 16.9 Å². The lowest BCUT2D eigenvalue weighted by atomic mass is 9.96. The molecule has 100 valence electrons. The molecule has 0 unspecified atom stereocenters. The van der Waals surface area contributed by atoms with Gasteiger partial charge in [-0.15, -0.1) is 0 Å². The fourth-order valence-corrected chi connectivity index (χ4v) is 2.71. The number of carbonyl (C=O) groups is 1. The van der Waals surface area contributed by atoms with Gasteiger partial charge in [-0.3, -0.25) is 4.79 Å². The Balaban J connectivity index is 2.42. The van der Waals surface area contributed by atoms with Crippen molar-refractivity contribution in [3.8, 4) is 6.07 Å². The largest absolute Gasteiger partial charge is 0.355 e. The van der Waals surface area contributed by atoms with Gasteiger partial charge in [0.1, 0.15) is 5.54 Å². The van der Waals surface area contributed by atoms with Crippen molar-refractivity contribution in [2.45, 2.75) is 19.4 Å². The molecule has 1 aliphatic rings. The van der Waals surface area contributed by atoms with Crippen LogP contribution in [0.1, 0.15) is 19.4 Å². The molecule has 0 radical (unpaired) electrons. The van der Waals surface area contributed by atoms with Gasteiger partial charge in [-0.05, 0) is 32.0 Å². The molecule has 0 N–H and O–H groups in total.